The molecule has 104 valence electrons. The maximum atomic E-state index is 12.1. The van der Waals surface area contributed by atoms with E-state index in [4.69, 9.17) is 4.74 Å². The van der Waals surface area contributed by atoms with Crippen LogP contribution >= 0.6 is 0 Å². The van der Waals surface area contributed by atoms with E-state index in [0.29, 0.717) is 12.3 Å². The van der Waals surface area contributed by atoms with E-state index >= 15 is 0 Å². The number of fused-ring (bicyclic) bond motifs is 1. The molecule has 4 nitrogen and oxygen atoms in total. The lowest BCUT2D eigenvalue weighted by Crippen LogP contribution is -2.36. The second kappa shape index (κ2) is 5.92. The molecule has 20 heavy (non-hydrogen) atoms. The second-order valence-corrected chi connectivity index (χ2v) is 4.97. The van der Waals surface area contributed by atoms with Gasteiger partial charge < -0.3 is 15.0 Å². The van der Waals surface area contributed by atoms with E-state index in [0.717, 1.165) is 36.8 Å². The van der Waals surface area contributed by atoms with Crippen LogP contribution in [0.3, 0.4) is 0 Å². The maximum Gasteiger partial charge on any atom is 0.415 e. The minimum atomic E-state index is -0.260. The first-order chi connectivity index (χ1) is 9.83. The summed E-state index contributed by atoms with van der Waals surface area (Å²) in [6, 6.07) is 13.8. The number of ether oxygens (including phenoxy) is 1. The molecule has 0 atom stereocenters. The van der Waals surface area contributed by atoms with Crippen molar-refractivity contribution in [3.05, 3.63) is 42.5 Å². The van der Waals surface area contributed by atoms with Crippen LogP contribution in [0.4, 0.5) is 4.79 Å². The number of carbonyl (C=O) groups excluding carboxylic acids is 1. The van der Waals surface area contributed by atoms with Crippen molar-refractivity contribution in [1.82, 2.24) is 10.2 Å². The Bertz CT molecular complexity index is 604. The standard InChI is InChI=1S/C16H18N2O2/c19-16(18-10-3-8-17-9-11-18)20-15-7-6-13-4-1-2-5-14(13)12-15/h1-2,4-7,12,17H,3,8-11H2. The average Bonchev–Trinajstić information content (AvgIpc) is 2.76. The molecule has 0 aliphatic carbocycles. The van der Waals surface area contributed by atoms with Crippen LogP contribution in [0, 0.1) is 0 Å². The zero-order valence-corrected chi connectivity index (χ0v) is 11.3. The minimum absolute atomic E-state index is 0.260. The Hall–Kier alpha value is -2.07. The lowest BCUT2D eigenvalue weighted by Gasteiger charge is -2.19. The van der Waals surface area contributed by atoms with Gasteiger partial charge in [0.25, 0.3) is 0 Å². The summed E-state index contributed by atoms with van der Waals surface area (Å²) in [7, 11) is 0. The quantitative estimate of drug-likeness (QED) is 0.866. The van der Waals surface area contributed by atoms with Crippen LogP contribution in [-0.4, -0.2) is 37.2 Å². The molecule has 1 heterocycles. The molecule has 1 N–H and O–H groups in total. The minimum Gasteiger partial charge on any atom is -0.410 e. The zero-order valence-electron chi connectivity index (χ0n) is 11.3. The Morgan fingerprint density at radius 2 is 1.90 bits per heavy atom. The van der Waals surface area contributed by atoms with E-state index in [-0.39, 0.29) is 6.09 Å². The van der Waals surface area contributed by atoms with Crippen LogP contribution in [-0.2, 0) is 0 Å². The maximum absolute atomic E-state index is 12.1. The molecule has 1 amide bonds. The van der Waals surface area contributed by atoms with Crippen LogP contribution in [0.25, 0.3) is 10.8 Å². The van der Waals surface area contributed by atoms with E-state index < -0.39 is 0 Å². The summed E-state index contributed by atoms with van der Waals surface area (Å²) in [5, 5.41) is 5.49. The summed E-state index contributed by atoms with van der Waals surface area (Å²) in [4.78, 5) is 13.9. The lowest BCUT2D eigenvalue weighted by atomic mass is 10.1. The summed E-state index contributed by atoms with van der Waals surface area (Å²) in [5.74, 6) is 0.603. The van der Waals surface area contributed by atoms with Crippen molar-refractivity contribution >= 4 is 16.9 Å². The van der Waals surface area contributed by atoms with E-state index in [1.165, 1.54) is 0 Å². The summed E-state index contributed by atoms with van der Waals surface area (Å²) >= 11 is 0. The number of nitrogens with one attached hydrogen (secondary N) is 1. The fraction of sp³-hybridized carbons (Fsp3) is 0.312. The largest absolute Gasteiger partial charge is 0.415 e. The Balaban J connectivity index is 1.73. The van der Waals surface area contributed by atoms with Crippen LogP contribution < -0.4 is 10.1 Å². The van der Waals surface area contributed by atoms with Crippen molar-refractivity contribution in [3.8, 4) is 5.75 Å². The van der Waals surface area contributed by atoms with Crippen molar-refractivity contribution in [2.24, 2.45) is 0 Å². The number of rotatable bonds is 1. The highest BCUT2D eigenvalue weighted by molar-refractivity contribution is 5.84. The molecule has 2 aromatic carbocycles. The molecule has 0 radical (unpaired) electrons. The molecule has 2 aromatic rings. The highest BCUT2D eigenvalue weighted by Crippen LogP contribution is 2.21. The highest BCUT2D eigenvalue weighted by Gasteiger charge is 2.17. The van der Waals surface area contributed by atoms with Crippen molar-refractivity contribution in [3.63, 3.8) is 0 Å². The van der Waals surface area contributed by atoms with Gasteiger partial charge in [-0.3, -0.25) is 0 Å². The first-order valence-electron chi connectivity index (χ1n) is 6.99. The summed E-state index contributed by atoms with van der Waals surface area (Å²) in [6.07, 6.45) is 0.705. The third kappa shape index (κ3) is 2.91. The van der Waals surface area contributed by atoms with Gasteiger partial charge in [-0.2, -0.15) is 0 Å². The van der Waals surface area contributed by atoms with Crippen LogP contribution in [0.2, 0.25) is 0 Å². The van der Waals surface area contributed by atoms with Gasteiger partial charge in [0.15, 0.2) is 0 Å². The SMILES string of the molecule is O=C(Oc1ccc2ccccc2c1)N1CCCNCC1. The molecule has 0 spiro atoms. The topological polar surface area (TPSA) is 41.6 Å². The fourth-order valence-corrected chi connectivity index (χ4v) is 2.42. The van der Waals surface area contributed by atoms with Crippen LogP contribution in [0.15, 0.2) is 42.5 Å². The van der Waals surface area contributed by atoms with E-state index in [2.05, 4.69) is 5.32 Å². The number of amides is 1. The van der Waals surface area contributed by atoms with E-state index in [9.17, 15) is 4.79 Å². The van der Waals surface area contributed by atoms with E-state index in [1.54, 1.807) is 4.90 Å². The molecule has 0 bridgehead atoms. The Morgan fingerprint density at radius 3 is 2.80 bits per heavy atom. The molecule has 0 aromatic heterocycles. The van der Waals surface area contributed by atoms with Crippen molar-refractivity contribution in [1.29, 1.82) is 0 Å². The number of nitrogens with zero attached hydrogens (tertiary/aromatic N) is 1. The number of hydrogen-bond acceptors (Lipinski definition) is 3. The lowest BCUT2D eigenvalue weighted by molar-refractivity contribution is 0.155. The molecule has 1 aliphatic heterocycles. The van der Waals surface area contributed by atoms with Crippen molar-refractivity contribution in [2.75, 3.05) is 26.2 Å². The zero-order chi connectivity index (χ0) is 13.8. The summed E-state index contributed by atoms with van der Waals surface area (Å²) in [6.45, 7) is 3.23. The summed E-state index contributed by atoms with van der Waals surface area (Å²) < 4.78 is 5.48. The first-order valence-corrected chi connectivity index (χ1v) is 6.99. The molecule has 1 saturated heterocycles. The molecule has 3 rings (SSSR count). The Morgan fingerprint density at radius 1 is 1.05 bits per heavy atom. The highest BCUT2D eigenvalue weighted by atomic mass is 16.6. The van der Waals surface area contributed by atoms with E-state index in [1.807, 2.05) is 42.5 Å². The number of benzene rings is 2. The van der Waals surface area contributed by atoms with Gasteiger partial charge in [-0.05, 0) is 35.9 Å². The molecule has 1 aliphatic rings. The average molecular weight is 270 g/mol. The third-order valence-corrected chi connectivity index (χ3v) is 3.52. The number of hydrogen-bond donors (Lipinski definition) is 1. The van der Waals surface area contributed by atoms with Gasteiger partial charge in [-0.15, -0.1) is 0 Å². The van der Waals surface area contributed by atoms with Crippen LogP contribution in [0.5, 0.6) is 5.75 Å². The monoisotopic (exact) mass is 270 g/mol. The van der Waals surface area contributed by atoms with Gasteiger partial charge in [0.1, 0.15) is 5.75 Å². The summed E-state index contributed by atoms with van der Waals surface area (Å²) in [5.41, 5.74) is 0. The predicted molar refractivity (Wildman–Crippen MR) is 79.0 cm³/mol. The van der Waals surface area contributed by atoms with Gasteiger partial charge in [0.05, 0.1) is 0 Å². The van der Waals surface area contributed by atoms with Gasteiger partial charge in [-0.25, -0.2) is 4.79 Å². The number of carbonyl (C=O) groups is 1. The van der Waals surface area contributed by atoms with Gasteiger partial charge in [0.2, 0.25) is 0 Å². The Labute approximate surface area is 118 Å². The molecule has 0 saturated carbocycles. The molecule has 0 unspecified atom stereocenters. The Kier molecular flexibility index (Phi) is 3.83. The first kappa shape index (κ1) is 12.9. The van der Waals surface area contributed by atoms with Crippen LogP contribution in [0.1, 0.15) is 6.42 Å². The van der Waals surface area contributed by atoms with Crippen molar-refractivity contribution in [2.45, 2.75) is 6.42 Å². The fourth-order valence-electron chi connectivity index (χ4n) is 2.42. The molecule has 4 heteroatoms. The molecular weight excluding hydrogens is 252 g/mol. The molecule has 1 fully saturated rings. The molecular formula is C16H18N2O2. The second-order valence-electron chi connectivity index (χ2n) is 4.97. The normalized spacial score (nSPS) is 15.9. The van der Waals surface area contributed by atoms with Gasteiger partial charge >= 0.3 is 6.09 Å². The van der Waals surface area contributed by atoms with Gasteiger partial charge in [-0.1, -0.05) is 30.3 Å². The van der Waals surface area contributed by atoms with Crippen molar-refractivity contribution < 1.29 is 9.53 Å². The van der Waals surface area contributed by atoms with Gasteiger partial charge in [0, 0.05) is 19.6 Å². The predicted octanol–water partition coefficient (Wildman–Crippen LogP) is 2.63. The smallest absolute Gasteiger partial charge is 0.410 e. The third-order valence-electron chi connectivity index (χ3n) is 3.52.